The van der Waals surface area contributed by atoms with E-state index in [1.165, 1.54) is 11.8 Å². The summed E-state index contributed by atoms with van der Waals surface area (Å²) < 4.78 is 0. The first-order valence-corrected chi connectivity index (χ1v) is 10.9. The van der Waals surface area contributed by atoms with Crippen molar-refractivity contribution in [3.8, 4) is 0 Å². The minimum Gasteiger partial charge on any atom is -0.355 e. The van der Waals surface area contributed by atoms with Gasteiger partial charge in [-0.05, 0) is 42.7 Å². The number of carbonyl (C=O) groups is 1. The number of aromatic nitrogens is 4. The van der Waals surface area contributed by atoms with Gasteiger partial charge in [0.25, 0.3) is 0 Å². The number of amides is 2. The Morgan fingerprint density at radius 2 is 2.12 bits per heavy atom. The highest BCUT2D eigenvalue weighted by atomic mass is 35.5. The second kappa shape index (κ2) is 8.84. The number of piperidine rings is 1. The van der Waals surface area contributed by atoms with Crippen molar-refractivity contribution in [1.29, 1.82) is 0 Å². The Morgan fingerprint density at radius 1 is 1.19 bits per heavy atom. The van der Waals surface area contributed by atoms with Gasteiger partial charge in [0.05, 0.1) is 16.1 Å². The Hall–Kier alpha value is -3.65. The average Bonchev–Trinajstić information content (AvgIpc) is 3.30. The second-order valence-electron chi connectivity index (χ2n) is 7.78. The molecule has 1 fully saturated rings. The summed E-state index contributed by atoms with van der Waals surface area (Å²) in [6.45, 7) is 1.82. The maximum Gasteiger partial charge on any atom is 0.323 e. The predicted molar refractivity (Wildman–Crippen MR) is 126 cm³/mol. The van der Waals surface area contributed by atoms with Crippen molar-refractivity contribution in [1.82, 2.24) is 19.9 Å². The van der Waals surface area contributed by atoms with Crippen LogP contribution in [0.1, 0.15) is 24.3 Å². The number of nitrogens with zero attached hydrogens (tertiary/aromatic N) is 4. The molecule has 4 aromatic rings. The summed E-state index contributed by atoms with van der Waals surface area (Å²) in [7, 11) is 0. The van der Waals surface area contributed by atoms with Crippen molar-refractivity contribution < 1.29 is 4.79 Å². The predicted octanol–water partition coefficient (Wildman–Crippen LogP) is 5.03. The number of anilines is 3. The third-order valence-corrected chi connectivity index (χ3v) is 5.99. The first-order chi connectivity index (χ1) is 15.7. The Morgan fingerprint density at radius 3 is 3.03 bits per heavy atom. The van der Waals surface area contributed by atoms with Crippen molar-refractivity contribution in [2.45, 2.75) is 18.8 Å². The second-order valence-corrected chi connectivity index (χ2v) is 8.19. The number of hydrogen-bond donors (Lipinski definition) is 3. The Bertz CT molecular complexity index is 1260. The van der Waals surface area contributed by atoms with Gasteiger partial charge in [0.2, 0.25) is 0 Å². The van der Waals surface area contributed by atoms with Crippen molar-refractivity contribution >= 4 is 45.9 Å². The monoisotopic (exact) mass is 447 g/mol. The topological polar surface area (TPSA) is 98.8 Å². The lowest BCUT2D eigenvalue weighted by atomic mass is 9.90. The highest BCUT2D eigenvalue weighted by Gasteiger charge is 2.24. The van der Waals surface area contributed by atoms with Crippen LogP contribution in [0.2, 0.25) is 5.02 Å². The lowest BCUT2D eigenvalue weighted by Crippen LogP contribution is -2.35. The van der Waals surface area contributed by atoms with E-state index >= 15 is 0 Å². The smallest absolute Gasteiger partial charge is 0.323 e. The highest BCUT2D eigenvalue weighted by molar-refractivity contribution is 6.33. The maximum absolute atomic E-state index is 12.4. The van der Waals surface area contributed by atoms with E-state index in [9.17, 15) is 4.79 Å². The molecule has 2 amide bonds. The van der Waals surface area contributed by atoms with Gasteiger partial charge >= 0.3 is 6.03 Å². The van der Waals surface area contributed by atoms with Gasteiger partial charge in [-0.3, -0.25) is 4.98 Å². The van der Waals surface area contributed by atoms with Gasteiger partial charge in [-0.15, -0.1) is 0 Å². The number of hydrogen-bond acceptors (Lipinski definition) is 5. The lowest BCUT2D eigenvalue weighted by Gasteiger charge is -2.34. The number of urea groups is 1. The molecule has 9 heteroatoms. The number of halogens is 1. The molecule has 1 unspecified atom stereocenters. The number of pyridine rings is 1. The molecule has 1 aliphatic rings. The zero-order chi connectivity index (χ0) is 21.9. The van der Waals surface area contributed by atoms with E-state index in [1.807, 2.05) is 30.5 Å². The van der Waals surface area contributed by atoms with Gasteiger partial charge in [-0.1, -0.05) is 23.7 Å². The summed E-state index contributed by atoms with van der Waals surface area (Å²) >= 11 is 6.07. The normalized spacial score (nSPS) is 16.2. The summed E-state index contributed by atoms with van der Waals surface area (Å²) in [6, 6.07) is 11.3. The number of aromatic amines is 1. The van der Waals surface area contributed by atoms with Crippen LogP contribution >= 0.6 is 11.6 Å². The number of benzene rings is 1. The van der Waals surface area contributed by atoms with Crippen LogP contribution < -0.4 is 15.5 Å². The molecule has 8 nitrogen and oxygen atoms in total. The molecule has 1 aliphatic heterocycles. The first-order valence-electron chi connectivity index (χ1n) is 10.5. The summed E-state index contributed by atoms with van der Waals surface area (Å²) in [5.74, 6) is 1.30. The SMILES string of the molecule is O=C(Nc1cccc(C2CCCN(c3ncnc4[nH]ccc34)C2)c1)Nc1ccncc1Cl. The van der Waals surface area contributed by atoms with Crippen LogP contribution in [-0.2, 0) is 0 Å². The van der Waals surface area contributed by atoms with E-state index in [1.54, 1.807) is 18.6 Å². The van der Waals surface area contributed by atoms with Gasteiger partial charge in [-0.25, -0.2) is 14.8 Å². The largest absolute Gasteiger partial charge is 0.355 e. The maximum atomic E-state index is 12.4. The molecule has 32 heavy (non-hydrogen) atoms. The number of nitrogens with one attached hydrogen (secondary N) is 3. The van der Waals surface area contributed by atoms with Crippen molar-refractivity contribution in [2.75, 3.05) is 28.6 Å². The Kier molecular flexibility index (Phi) is 5.60. The summed E-state index contributed by atoms with van der Waals surface area (Å²) in [6.07, 6.45) is 8.72. The van der Waals surface area contributed by atoms with Crippen LogP contribution in [0.4, 0.5) is 22.0 Å². The van der Waals surface area contributed by atoms with Crippen molar-refractivity contribution in [3.63, 3.8) is 0 Å². The zero-order valence-corrected chi connectivity index (χ0v) is 18.0. The quantitative estimate of drug-likeness (QED) is 0.407. The molecule has 0 saturated carbocycles. The third kappa shape index (κ3) is 4.22. The van der Waals surface area contributed by atoms with Gasteiger partial charge < -0.3 is 20.5 Å². The Balaban J connectivity index is 1.30. The summed E-state index contributed by atoms with van der Waals surface area (Å²) in [4.78, 5) is 30.7. The van der Waals surface area contributed by atoms with E-state index < -0.39 is 0 Å². The standard InChI is InChI=1S/C23H22ClN7O/c24-19-12-25-8-7-20(19)30-23(32)29-17-5-1-3-15(11-17)16-4-2-10-31(13-16)22-18-6-9-26-21(18)27-14-28-22/h1,3,5-9,11-12,14,16H,2,4,10,13H2,(H,26,27,28)(H2,25,29,30,32). The fourth-order valence-electron chi connectivity index (χ4n) is 4.18. The van der Waals surface area contributed by atoms with E-state index in [0.717, 1.165) is 48.5 Å². The molecular weight excluding hydrogens is 426 g/mol. The number of fused-ring (bicyclic) bond motifs is 1. The minimum atomic E-state index is -0.351. The third-order valence-electron chi connectivity index (χ3n) is 5.69. The van der Waals surface area contributed by atoms with Crippen molar-refractivity contribution in [3.05, 3.63) is 71.9 Å². The fourth-order valence-corrected chi connectivity index (χ4v) is 4.35. The summed E-state index contributed by atoms with van der Waals surface area (Å²) in [5.41, 5.74) is 3.29. The van der Waals surface area contributed by atoms with Crippen LogP contribution in [-0.4, -0.2) is 39.1 Å². The van der Waals surface area contributed by atoms with Gasteiger partial charge in [0.1, 0.15) is 17.8 Å². The van der Waals surface area contributed by atoms with E-state index in [0.29, 0.717) is 16.6 Å². The molecule has 1 atom stereocenters. The lowest BCUT2D eigenvalue weighted by molar-refractivity contribution is 0.262. The van der Waals surface area contributed by atoms with Crippen LogP contribution in [0.25, 0.3) is 11.0 Å². The fraction of sp³-hybridized carbons (Fsp3) is 0.217. The van der Waals surface area contributed by atoms with E-state index in [-0.39, 0.29) is 6.03 Å². The molecule has 162 valence electrons. The summed E-state index contributed by atoms with van der Waals surface area (Å²) in [5, 5.41) is 7.07. The molecule has 1 saturated heterocycles. The Labute approximate surface area is 190 Å². The van der Waals surface area contributed by atoms with E-state index in [2.05, 4.69) is 41.5 Å². The van der Waals surface area contributed by atoms with Crippen LogP contribution in [0.3, 0.4) is 0 Å². The minimum absolute atomic E-state index is 0.340. The number of H-pyrrole nitrogens is 1. The number of rotatable bonds is 4. The molecule has 3 aromatic heterocycles. The van der Waals surface area contributed by atoms with Gasteiger partial charge in [0, 0.05) is 43.3 Å². The van der Waals surface area contributed by atoms with Crippen LogP contribution in [0, 0.1) is 0 Å². The van der Waals surface area contributed by atoms with Crippen molar-refractivity contribution in [2.24, 2.45) is 0 Å². The van der Waals surface area contributed by atoms with E-state index in [4.69, 9.17) is 11.6 Å². The molecule has 0 radical (unpaired) electrons. The molecular formula is C23H22ClN7O. The first kappa shape index (κ1) is 20.3. The molecule has 5 rings (SSSR count). The molecule has 0 spiro atoms. The van der Waals surface area contributed by atoms with Crippen LogP contribution in [0.5, 0.6) is 0 Å². The molecule has 0 bridgehead atoms. The van der Waals surface area contributed by atoms with Gasteiger partial charge in [-0.2, -0.15) is 0 Å². The molecule has 1 aromatic carbocycles. The zero-order valence-electron chi connectivity index (χ0n) is 17.3. The number of carbonyl (C=O) groups excluding carboxylic acids is 1. The molecule has 3 N–H and O–H groups in total. The highest BCUT2D eigenvalue weighted by Crippen LogP contribution is 2.32. The average molecular weight is 448 g/mol. The van der Waals surface area contributed by atoms with Gasteiger partial charge in [0.15, 0.2) is 0 Å². The molecule has 0 aliphatic carbocycles. The molecule has 4 heterocycles. The van der Waals surface area contributed by atoms with Crippen LogP contribution in [0.15, 0.2) is 61.3 Å².